The number of hydrogen-bond donors (Lipinski definition) is 0. The van der Waals surface area contributed by atoms with Gasteiger partial charge in [-0.05, 0) is 37.7 Å². The fraction of sp³-hybridized carbons (Fsp3) is 0.500. The van der Waals surface area contributed by atoms with Crippen molar-refractivity contribution in [1.82, 2.24) is 4.90 Å². The molecule has 0 aromatic heterocycles. The van der Waals surface area contributed by atoms with Crippen LogP contribution in [0.3, 0.4) is 0 Å². The first-order chi connectivity index (χ1) is 8.00. The number of benzene rings is 1. The van der Waals surface area contributed by atoms with E-state index < -0.39 is 0 Å². The Hall–Kier alpha value is -1.35. The zero-order chi connectivity index (χ0) is 12.8. The van der Waals surface area contributed by atoms with Crippen LogP contribution >= 0.6 is 0 Å². The standard InChI is InChI=1S/C14H21NO2/c1-11(2)12-6-5-7-13(10-12)14(16)17-9-8-15(3)4/h5-7,10-11H,8-9H2,1-4H3. The van der Waals surface area contributed by atoms with E-state index in [4.69, 9.17) is 4.74 Å². The third-order valence-electron chi connectivity index (χ3n) is 2.56. The van der Waals surface area contributed by atoms with Crippen LogP contribution in [0.25, 0.3) is 0 Å². The van der Waals surface area contributed by atoms with Crippen LogP contribution in [0.4, 0.5) is 0 Å². The Morgan fingerprint density at radius 1 is 1.35 bits per heavy atom. The maximum absolute atomic E-state index is 11.8. The molecule has 0 spiro atoms. The molecule has 0 aliphatic rings. The summed E-state index contributed by atoms with van der Waals surface area (Å²) in [6, 6.07) is 7.63. The molecule has 0 saturated carbocycles. The molecule has 1 rings (SSSR count). The SMILES string of the molecule is CC(C)c1cccc(C(=O)OCCN(C)C)c1. The van der Waals surface area contributed by atoms with Crippen LogP contribution < -0.4 is 0 Å². The molecule has 0 bridgehead atoms. The van der Waals surface area contributed by atoms with E-state index in [0.717, 1.165) is 12.1 Å². The molecule has 3 nitrogen and oxygen atoms in total. The lowest BCUT2D eigenvalue weighted by Crippen LogP contribution is -2.20. The molecule has 0 amide bonds. The summed E-state index contributed by atoms with van der Waals surface area (Å²) in [7, 11) is 3.90. The predicted molar refractivity (Wildman–Crippen MR) is 69.4 cm³/mol. The summed E-state index contributed by atoms with van der Waals surface area (Å²) in [4.78, 5) is 13.7. The van der Waals surface area contributed by atoms with Gasteiger partial charge in [0, 0.05) is 6.54 Å². The number of ether oxygens (including phenoxy) is 1. The zero-order valence-electron chi connectivity index (χ0n) is 11.1. The fourth-order valence-electron chi connectivity index (χ4n) is 1.43. The first kappa shape index (κ1) is 13.7. The van der Waals surface area contributed by atoms with Crippen molar-refractivity contribution < 1.29 is 9.53 Å². The summed E-state index contributed by atoms with van der Waals surface area (Å²) in [6.45, 7) is 5.39. The molecular weight excluding hydrogens is 214 g/mol. The highest BCUT2D eigenvalue weighted by Crippen LogP contribution is 2.16. The van der Waals surface area contributed by atoms with Crippen LogP contribution in [-0.2, 0) is 4.74 Å². The normalized spacial score (nSPS) is 10.9. The molecule has 0 atom stereocenters. The second-order valence-corrected chi connectivity index (χ2v) is 4.72. The van der Waals surface area contributed by atoms with Gasteiger partial charge in [0.05, 0.1) is 5.56 Å². The molecule has 0 saturated heterocycles. The maximum Gasteiger partial charge on any atom is 0.338 e. The van der Waals surface area contributed by atoms with Gasteiger partial charge in [-0.2, -0.15) is 0 Å². The number of hydrogen-bond acceptors (Lipinski definition) is 3. The summed E-state index contributed by atoms with van der Waals surface area (Å²) < 4.78 is 5.19. The minimum atomic E-state index is -0.241. The number of likely N-dealkylation sites (N-methyl/N-ethyl adjacent to an activating group) is 1. The highest BCUT2D eigenvalue weighted by molar-refractivity contribution is 5.89. The van der Waals surface area contributed by atoms with Crippen molar-refractivity contribution in [2.45, 2.75) is 19.8 Å². The van der Waals surface area contributed by atoms with Crippen LogP contribution in [0.15, 0.2) is 24.3 Å². The molecule has 1 aromatic rings. The zero-order valence-corrected chi connectivity index (χ0v) is 11.1. The first-order valence-electron chi connectivity index (χ1n) is 5.92. The van der Waals surface area contributed by atoms with Crippen LogP contribution in [-0.4, -0.2) is 38.1 Å². The molecule has 0 aliphatic heterocycles. The van der Waals surface area contributed by atoms with Gasteiger partial charge in [-0.25, -0.2) is 4.79 Å². The Morgan fingerprint density at radius 3 is 2.65 bits per heavy atom. The van der Waals surface area contributed by atoms with Crippen molar-refractivity contribution in [1.29, 1.82) is 0 Å². The van der Waals surface area contributed by atoms with E-state index in [-0.39, 0.29) is 5.97 Å². The number of nitrogens with zero attached hydrogens (tertiary/aromatic N) is 1. The van der Waals surface area contributed by atoms with Crippen LogP contribution in [0.2, 0.25) is 0 Å². The molecule has 3 heteroatoms. The van der Waals surface area contributed by atoms with Gasteiger partial charge in [-0.3, -0.25) is 0 Å². The van der Waals surface area contributed by atoms with E-state index in [1.54, 1.807) is 6.07 Å². The topological polar surface area (TPSA) is 29.5 Å². The van der Waals surface area contributed by atoms with Crippen molar-refractivity contribution >= 4 is 5.97 Å². The highest BCUT2D eigenvalue weighted by atomic mass is 16.5. The largest absolute Gasteiger partial charge is 0.461 e. The summed E-state index contributed by atoms with van der Waals surface area (Å²) in [5.74, 6) is 0.180. The van der Waals surface area contributed by atoms with Crippen molar-refractivity contribution in [3.63, 3.8) is 0 Å². The van der Waals surface area contributed by atoms with Gasteiger partial charge in [-0.15, -0.1) is 0 Å². The Labute approximate surface area is 103 Å². The Morgan fingerprint density at radius 2 is 2.06 bits per heavy atom. The van der Waals surface area contributed by atoms with Gasteiger partial charge in [0.2, 0.25) is 0 Å². The van der Waals surface area contributed by atoms with Crippen molar-refractivity contribution in [2.75, 3.05) is 27.2 Å². The molecule has 1 aromatic carbocycles. The second kappa shape index (κ2) is 6.40. The van der Waals surface area contributed by atoms with Gasteiger partial charge in [0.1, 0.15) is 6.61 Å². The van der Waals surface area contributed by atoms with Gasteiger partial charge in [0.25, 0.3) is 0 Å². The Balaban J connectivity index is 2.59. The third-order valence-corrected chi connectivity index (χ3v) is 2.56. The summed E-state index contributed by atoms with van der Waals surface area (Å²) >= 11 is 0. The first-order valence-corrected chi connectivity index (χ1v) is 5.92. The average molecular weight is 235 g/mol. The van der Waals surface area contributed by atoms with Gasteiger partial charge in [-0.1, -0.05) is 26.0 Å². The molecule has 17 heavy (non-hydrogen) atoms. The molecule has 0 heterocycles. The third kappa shape index (κ3) is 4.57. The Bertz CT molecular complexity index is 372. The minimum Gasteiger partial charge on any atom is -0.461 e. The summed E-state index contributed by atoms with van der Waals surface area (Å²) in [6.07, 6.45) is 0. The van der Waals surface area contributed by atoms with Crippen molar-refractivity contribution in [2.24, 2.45) is 0 Å². The molecule has 0 aliphatic carbocycles. The number of rotatable bonds is 5. The van der Waals surface area contributed by atoms with E-state index in [2.05, 4.69) is 13.8 Å². The van der Waals surface area contributed by atoms with Crippen LogP contribution in [0.1, 0.15) is 35.7 Å². The van der Waals surface area contributed by atoms with Crippen LogP contribution in [0, 0.1) is 0 Å². The molecule has 0 radical (unpaired) electrons. The van der Waals surface area contributed by atoms with E-state index in [1.165, 1.54) is 0 Å². The van der Waals surface area contributed by atoms with E-state index in [9.17, 15) is 4.79 Å². The highest BCUT2D eigenvalue weighted by Gasteiger charge is 2.08. The molecule has 94 valence electrons. The van der Waals surface area contributed by atoms with E-state index >= 15 is 0 Å². The molecule has 0 unspecified atom stereocenters. The summed E-state index contributed by atoms with van der Waals surface area (Å²) in [5.41, 5.74) is 1.79. The molecule has 0 fully saturated rings. The number of carbonyl (C=O) groups is 1. The van der Waals surface area contributed by atoms with Gasteiger partial charge >= 0.3 is 5.97 Å². The van der Waals surface area contributed by atoms with E-state index in [1.807, 2.05) is 37.2 Å². The number of esters is 1. The van der Waals surface area contributed by atoms with E-state index in [0.29, 0.717) is 18.1 Å². The van der Waals surface area contributed by atoms with Gasteiger partial charge < -0.3 is 9.64 Å². The minimum absolute atomic E-state index is 0.241. The summed E-state index contributed by atoms with van der Waals surface area (Å²) in [5, 5.41) is 0. The lowest BCUT2D eigenvalue weighted by atomic mass is 10.0. The lowest BCUT2D eigenvalue weighted by Gasteiger charge is -2.11. The lowest BCUT2D eigenvalue weighted by molar-refractivity contribution is 0.0481. The Kier molecular flexibility index (Phi) is 5.16. The monoisotopic (exact) mass is 235 g/mol. The average Bonchev–Trinajstić information content (AvgIpc) is 2.28. The molecular formula is C14H21NO2. The van der Waals surface area contributed by atoms with Crippen LogP contribution in [0.5, 0.6) is 0 Å². The fourth-order valence-corrected chi connectivity index (χ4v) is 1.43. The second-order valence-electron chi connectivity index (χ2n) is 4.72. The van der Waals surface area contributed by atoms with Gasteiger partial charge in [0.15, 0.2) is 0 Å². The number of carbonyl (C=O) groups excluding carboxylic acids is 1. The smallest absolute Gasteiger partial charge is 0.338 e. The maximum atomic E-state index is 11.8. The predicted octanol–water partition coefficient (Wildman–Crippen LogP) is 2.53. The molecule has 0 N–H and O–H groups in total. The quantitative estimate of drug-likeness (QED) is 0.734. The van der Waals surface area contributed by atoms with Crippen molar-refractivity contribution in [3.8, 4) is 0 Å². The van der Waals surface area contributed by atoms with Crippen molar-refractivity contribution in [3.05, 3.63) is 35.4 Å².